The number of hydrogen-bond donors (Lipinski definition) is 0. The van der Waals surface area contributed by atoms with Crippen LogP contribution in [-0.4, -0.2) is 24.1 Å². The molecule has 306 valence electrons. The van der Waals surface area contributed by atoms with E-state index in [1.54, 1.807) is 0 Å². The van der Waals surface area contributed by atoms with Crippen LogP contribution in [0.3, 0.4) is 0 Å². The van der Waals surface area contributed by atoms with E-state index in [2.05, 4.69) is 193 Å². The van der Waals surface area contributed by atoms with E-state index >= 15 is 0 Å². The van der Waals surface area contributed by atoms with E-state index in [-0.39, 0.29) is 16.2 Å². The molecule has 0 saturated carbocycles. The molecular formula is C57H53N5. The zero-order chi connectivity index (χ0) is 43.1. The van der Waals surface area contributed by atoms with Crippen LogP contribution in [0.15, 0.2) is 158 Å². The molecule has 3 aromatic heterocycles. The average molecular weight is 808 g/mol. The van der Waals surface area contributed by atoms with Crippen LogP contribution in [0.5, 0.6) is 0 Å². The van der Waals surface area contributed by atoms with Crippen molar-refractivity contribution >= 4 is 43.6 Å². The highest BCUT2D eigenvalue weighted by molar-refractivity contribution is 6.17. The Morgan fingerprint density at radius 3 is 1.18 bits per heavy atom. The number of fused-ring (bicyclic) bond motifs is 6. The van der Waals surface area contributed by atoms with Crippen LogP contribution in [0.2, 0.25) is 0 Å². The predicted octanol–water partition coefficient (Wildman–Crippen LogP) is 15.0. The second kappa shape index (κ2) is 14.4. The van der Waals surface area contributed by atoms with Crippen molar-refractivity contribution in [3.05, 3.63) is 174 Å². The summed E-state index contributed by atoms with van der Waals surface area (Å²) < 4.78 is 4.88. The normalized spacial score (nSPS) is 12.6. The molecule has 0 amide bonds. The Kier molecular flexibility index (Phi) is 9.11. The van der Waals surface area contributed by atoms with E-state index in [1.807, 2.05) is 36.4 Å². The summed E-state index contributed by atoms with van der Waals surface area (Å²) in [5.41, 5.74) is 13.1. The fraction of sp³-hybridized carbons (Fsp3) is 0.211. The monoisotopic (exact) mass is 807 g/mol. The van der Waals surface area contributed by atoms with Crippen LogP contribution < -0.4 is 0 Å². The standard InChI is InChI=1S/C57H53N5/c1-55(2,3)38-25-29-46-43(33-38)42-28-32-49(62-47-30-26-39(56(4,5)6)34-44(47)45-35-40(57(7,8)9)27-31-48(45)62)50(51(42)61(46)41-23-17-12-18-24-41)54-59-52(36-19-13-10-14-20-36)58-53(60-54)37-21-15-11-16-22-37/h10-35H,1-9H3. The van der Waals surface area contributed by atoms with Gasteiger partial charge in [-0.15, -0.1) is 0 Å². The van der Waals surface area contributed by atoms with Crippen LogP contribution in [0.4, 0.5) is 0 Å². The van der Waals surface area contributed by atoms with Crippen LogP contribution in [0.25, 0.3) is 89.2 Å². The Balaban J connectivity index is 1.42. The summed E-state index contributed by atoms with van der Waals surface area (Å²) in [6, 6.07) is 57.0. The van der Waals surface area contributed by atoms with E-state index < -0.39 is 0 Å². The smallest absolute Gasteiger partial charge is 0.168 e. The fourth-order valence-electron chi connectivity index (χ4n) is 8.95. The number of aromatic nitrogens is 5. The number of hydrogen-bond acceptors (Lipinski definition) is 3. The quantitative estimate of drug-likeness (QED) is 0.174. The second-order valence-corrected chi connectivity index (χ2v) is 19.8. The van der Waals surface area contributed by atoms with Gasteiger partial charge in [-0.05, 0) is 87.5 Å². The van der Waals surface area contributed by atoms with E-state index in [0.29, 0.717) is 17.5 Å². The zero-order valence-electron chi connectivity index (χ0n) is 37.2. The molecule has 62 heavy (non-hydrogen) atoms. The second-order valence-electron chi connectivity index (χ2n) is 19.8. The Hall–Kier alpha value is -6.85. The molecule has 3 heterocycles. The van der Waals surface area contributed by atoms with Crippen molar-refractivity contribution in [2.24, 2.45) is 0 Å². The molecule has 10 aromatic rings. The summed E-state index contributed by atoms with van der Waals surface area (Å²) in [7, 11) is 0. The van der Waals surface area contributed by atoms with Crippen molar-refractivity contribution in [3.63, 3.8) is 0 Å². The van der Waals surface area contributed by atoms with Crippen molar-refractivity contribution < 1.29 is 0 Å². The highest BCUT2D eigenvalue weighted by atomic mass is 15.1. The summed E-state index contributed by atoms with van der Waals surface area (Å²) in [4.78, 5) is 16.1. The van der Waals surface area contributed by atoms with Gasteiger partial charge in [0.05, 0.1) is 33.3 Å². The van der Waals surface area contributed by atoms with E-state index in [9.17, 15) is 0 Å². The fourth-order valence-corrected chi connectivity index (χ4v) is 8.95. The maximum atomic E-state index is 5.49. The van der Waals surface area contributed by atoms with Gasteiger partial charge in [-0.25, -0.2) is 15.0 Å². The van der Waals surface area contributed by atoms with E-state index in [1.165, 1.54) is 32.8 Å². The molecule has 0 radical (unpaired) electrons. The molecule has 7 aromatic carbocycles. The van der Waals surface area contributed by atoms with Gasteiger partial charge < -0.3 is 9.13 Å². The molecule has 0 unspecified atom stereocenters. The maximum Gasteiger partial charge on any atom is 0.168 e. The molecule has 0 saturated heterocycles. The van der Waals surface area contributed by atoms with Crippen LogP contribution in [-0.2, 0) is 16.2 Å². The lowest BCUT2D eigenvalue weighted by molar-refractivity contribution is 0.590. The van der Waals surface area contributed by atoms with Gasteiger partial charge in [-0.2, -0.15) is 0 Å². The van der Waals surface area contributed by atoms with Crippen LogP contribution in [0, 0.1) is 0 Å². The predicted molar refractivity (Wildman–Crippen MR) is 261 cm³/mol. The SMILES string of the molecule is CC(C)(C)c1ccc2c(c1)c1cc(C(C)(C)C)ccc1n2-c1ccc2c3cc(C(C)(C)C)ccc3n(-c3ccccc3)c2c1-c1nc(-c2ccccc2)nc(-c2ccccc2)n1. The van der Waals surface area contributed by atoms with E-state index in [4.69, 9.17) is 15.0 Å². The average Bonchev–Trinajstić information content (AvgIpc) is 3.77. The third kappa shape index (κ3) is 6.68. The summed E-state index contributed by atoms with van der Waals surface area (Å²) in [6.07, 6.45) is 0. The largest absolute Gasteiger partial charge is 0.308 e. The Labute approximate surface area is 364 Å². The van der Waals surface area contributed by atoms with Crippen molar-refractivity contribution in [3.8, 4) is 45.5 Å². The van der Waals surface area contributed by atoms with Crippen LogP contribution >= 0.6 is 0 Å². The van der Waals surface area contributed by atoms with Gasteiger partial charge in [0.15, 0.2) is 17.5 Å². The number of benzene rings is 7. The third-order valence-corrected chi connectivity index (χ3v) is 12.4. The summed E-state index contributed by atoms with van der Waals surface area (Å²) in [5.74, 6) is 1.87. The number of rotatable bonds is 5. The maximum absolute atomic E-state index is 5.49. The molecule has 0 fully saturated rings. The van der Waals surface area contributed by atoms with Gasteiger partial charge in [0.1, 0.15) is 0 Å². The lowest BCUT2D eigenvalue weighted by atomic mass is 9.85. The minimum atomic E-state index is -0.0394. The molecule has 0 aliphatic carbocycles. The van der Waals surface area contributed by atoms with Crippen LogP contribution in [0.1, 0.15) is 79.0 Å². The van der Waals surface area contributed by atoms with Gasteiger partial charge in [0, 0.05) is 38.4 Å². The Bertz CT molecular complexity index is 3190. The highest BCUT2D eigenvalue weighted by Gasteiger charge is 2.28. The van der Waals surface area contributed by atoms with Crippen molar-refractivity contribution in [2.75, 3.05) is 0 Å². The minimum absolute atomic E-state index is 0.0244. The first-order chi connectivity index (χ1) is 29.6. The molecule has 0 spiro atoms. The van der Waals surface area contributed by atoms with Gasteiger partial charge in [0.25, 0.3) is 0 Å². The molecule has 0 aliphatic heterocycles. The topological polar surface area (TPSA) is 48.5 Å². The van der Waals surface area contributed by atoms with E-state index in [0.717, 1.165) is 55.5 Å². The molecule has 0 atom stereocenters. The lowest BCUT2D eigenvalue weighted by Crippen LogP contribution is -2.10. The van der Waals surface area contributed by atoms with Gasteiger partial charge in [-0.3, -0.25) is 0 Å². The zero-order valence-corrected chi connectivity index (χ0v) is 37.2. The first-order valence-corrected chi connectivity index (χ1v) is 21.8. The summed E-state index contributed by atoms with van der Waals surface area (Å²) in [6.45, 7) is 20.6. The van der Waals surface area contributed by atoms with Gasteiger partial charge >= 0.3 is 0 Å². The molecular weight excluding hydrogens is 755 g/mol. The molecule has 5 heteroatoms. The van der Waals surface area contributed by atoms with Gasteiger partial charge in [0.2, 0.25) is 0 Å². The van der Waals surface area contributed by atoms with Crippen molar-refractivity contribution in [1.29, 1.82) is 0 Å². The number of nitrogens with zero attached hydrogens (tertiary/aromatic N) is 5. The van der Waals surface area contributed by atoms with Gasteiger partial charge in [-0.1, -0.05) is 165 Å². The minimum Gasteiger partial charge on any atom is -0.308 e. The lowest BCUT2D eigenvalue weighted by Gasteiger charge is -2.20. The van der Waals surface area contributed by atoms with Crippen molar-refractivity contribution in [1.82, 2.24) is 24.1 Å². The molecule has 10 rings (SSSR count). The Morgan fingerprint density at radius 2 is 0.742 bits per heavy atom. The summed E-state index contributed by atoms with van der Waals surface area (Å²) >= 11 is 0. The Morgan fingerprint density at radius 1 is 0.355 bits per heavy atom. The first-order valence-electron chi connectivity index (χ1n) is 21.8. The summed E-state index contributed by atoms with van der Waals surface area (Å²) in [5, 5.41) is 4.79. The third-order valence-electron chi connectivity index (χ3n) is 12.4. The highest BCUT2D eigenvalue weighted by Crippen LogP contribution is 2.45. The molecule has 5 nitrogen and oxygen atoms in total. The van der Waals surface area contributed by atoms with Crippen molar-refractivity contribution in [2.45, 2.75) is 78.6 Å². The number of para-hydroxylation sites is 1. The first kappa shape index (κ1) is 39.3. The molecule has 0 N–H and O–H groups in total. The molecule has 0 bridgehead atoms. The molecule has 0 aliphatic rings.